The van der Waals surface area contributed by atoms with E-state index in [0.29, 0.717) is 6.10 Å². The van der Waals surface area contributed by atoms with Crippen molar-refractivity contribution in [2.45, 2.75) is 12.5 Å². The molecule has 0 saturated carbocycles. The van der Waals surface area contributed by atoms with Gasteiger partial charge in [-0.25, -0.2) is 0 Å². The van der Waals surface area contributed by atoms with Crippen LogP contribution in [0.4, 0.5) is 0 Å². The number of aliphatic imine (C=N–C) groups is 1. The average Bonchev–Trinajstić information content (AvgIpc) is 2.68. The van der Waals surface area contributed by atoms with Gasteiger partial charge in [-0.15, -0.1) is 6.58 Å². The smallest absolute Gasteiger partial charge is 0.169 e. The first-order valence-electron chi connectivity index (χ1n) is 3.76. The predicted octanol–water partition coefficient (Wildman–Crippen LogP) is 1.01. The highest BCUT2D eigenvalue weighted by molar-refractivity contribution is 5.47. The van der Waals surface area contributed by atoms with Crippen molar-refractivity contribution < 1.29 is 9.47 Å². The van der Waals surface area contributed by atoms with Crippen LogP contribution in [0, 0.1) is 0 Å². The molecule has 1 unspecified atom stereocenters. The molecule has 1 fully saturated rings. The van der Waals surface area contributed by atoms with Crippen LogP contribution >= 0.6 is 0 Å². The zero-order chi connectivity index (χ0) is 7.94. The zero-order valence-corrected chi connectivity index (χ0v) is 6.53. The monoisotopic (exact) mass is 155 g/mol. The Kier molecular flexibility index (Phi) is 3.69. The fourth-order valence-electron chi connectivity index (χ4n) is 0.654. The van der Waals surface area contributed by atoms with Gasteiger partial charge in [0.1, 0.15) is 6.61 Å². The van der Waals surface area contributed by atoms with Crippen LogP contribution in [0.1, 0.15) is 6.42 Å². The first-order chi connectivity index (χ1) is 5.43. The molecule has 0 aliphatic carbocycles. The van der Waals surface area contributed by atoms with Crippen LogP contribution in [0.2, 0.25) is 0 Å². The Morgan fingerprint density at radius 3 is 2.73 bits per heavy atom. The second-order valence-corrected chi connectivity index (χ2v) is 2.36. The Bertz CT molecular complexity index is 135. The molecule has 1 atom stereocenters. The van der Waals surface area contributed by atoms with Crippen LogP contribution in [-0.2, 0) is 9.47 Å². The molecule has 0 amide bonds. The molecule has 0 N–H and O–H groups in total. The van der Waals surface area contributed by atoms with Crippen molar-refractivity contribution in [1.82, 2.24) is 0 Å². The summed E-state index contributed by atoms with van der Waals surface area (Å²) in [6.07, 6.45) is 4.93. The first kappa shape index (κ1) is 8.27. The van der Waals surface area contributed by atoms with E-state index in [9.17, 15) is 0 Å². The number of ether oxygens (including phenoxy) is 2. The van der Waals surface area contributed by atoms with E-state index in [0.717, 1.165) is 26.2 Å². The molecule has 0 aromatic rings. The lowest BCUT2D eigenvalue weighted by molar-refractivity contribution is 0.361. The van der Waals surface area contributed by atoms with Crippen LogP contribution in [-0.4, -0.2) is 32.3 Å². The van der Waals surface area contributed by atoms with Crippen molar-refractivity contribution >= 4 is 6.40 Å². The van der Waals surface area contributed by atoms with Crippen molar-refractivity contribution in [1.29, 1.82) is 0 Å². The lowest BCUT2D eigenvalue weighted by Gasteiger charge is -1.76. The van der Waals surface area contributed by atoms with Gasteiger partial charge in [0.05, 0.1) is 19.3 Å². The molecule has 0 spiro atoms. The van der Waals surface area contributed by atoms with Crippen LogP contribution in [0.5, 0.6) is 0 Å². The summed E-state index contributed by atoms with van der Waals surface area (Å²) < 4.78 is 9.53. The third kappa shape index (κ3) is 4.56. The van der Waals surface area contributed by atoms with E-state index in [1.54, 1.807) is 0 Å². The Hall–Kier alpha value is -0.830. The SMILES string of the molecule is C1=NCCO1.C=CCC1CO1. The summed E-state index contributed by atoms with van der Waals surface area (Å²) in [6, 6.07) is 0. The Morgan fingerprint density at radius 2 is 2.55 bits per heavy atom. The average molecular weight is 155 g/mol. The predicted molar refractivity (Wildman–Crippen MR) is 43.9 cm³/mol. The highest BCUT2D eigenvalue weighted by Crippen LogP contribution is 2.12. The topological polar surface area (TPSA) is 34.1 Å². The van der Waals surface area contributed by atoms with Crippen molar-refractivity contribution in [3.63, 3.8) is 0 Å². The van der Waals surface area contributed by atoms with Gasteiger partial charge >= 0.3 is 0 Å². The standard InChI is InChI=1S/C5H8O.C3H5NO/c1-2-3-5-4-6-5;1-2-5-3-4-1/h2,5H,1,3-4H2;3H,1-2H2. The van der Waals surface area contributed by atoms with E-state index < -0.39 is 0 Å². The van der Waals surface area contributed by atoms with Crippen LogP contribution < -0.4 is 0 Å². The van der Waals surface area contributed by atoms with E-state index >= 15 is 0 Å². The molecular weight excluding hydrogens is 142 g/mol. The number of hydrogen-bond donors (Lipinski definition) is 0. The lowest BCUT2D eigenvalue weighted by atomic mass is 10.3. The molecule has 62 valence electrons. The molecular formula is C8H13NO2. The van der Waals surface area contributed by atoms with Gasteiger partial charge in [-0.05, 0) is 6.42 Å². The van der Waals surface area contributed by atoms with Crippen LogP contribution in [0.3, 0.4) is 0 Å². The van der Waals surface area contributed by atoms with Crippen molar-refractivity contribution in [3.8, 4) is 0 Å². The Labute approximate surface area is 66.7 Å². The molecule has 0 radical (unpaired) electrons. The van der Waals surface area contributed by atoms with E-state index in [1.807, 2.05) is 6.08 Å². The second kappa shape index (κ2) is 4.91. The summed E-state index contributed by atoms with van der Waals surface area (Å²) in [5.41, 5.74) is 0. The number of hydrogen-bond acceptors (Lipinski definition) is 3. The van der Waals surface area contributed by atoms with Gasteiger partial charge in [-0.2, -0.15) is 0 Å². The molecule has 2 rings (SSSR count). The molecule has 3 nitrogen and oxygen atoms in total. The molecule has 3 heteroatoms. The minimum absolute atomic E-state index is 0.530. The third-order valence-electron chi connectivity index (χ3n) is 1.32. The van der Waals surface area contributed by atoms with E-state index in [1.165, 1.54) is 6.40 Å². The van der Waals surface area contributed by atoms with Gasteiger partial charge in [0.25, 0.3) is 0 Å². The third-order valence-corrected chi connectivity index (χ3v) is 1.32. The van der Waals surface area contributed by atoms with E-state index in [2.05, 4.69) is 16.3 Å². The number of nitrogens with zero attached hydrogens (tertiary/aromatic N) is 1. The van der Waals surface area contributed by atoms with E-state index in [-0.39, 0.29) is 0 Å². The molecule has 11 heavy (non-hydrogen) atoms. The quantitative estimate of drug-likeness (QED) is 0.440. The minimum atomic E-state index is 0.530. The Balaban J connectivity index is 0.000000112. The first-order valence-corrected chi connectivity index (χ1v) is 3.76. The normalized spacial score (nSPS) is 24.9. The maximum absolute atomic E-state index is 4.88. The molecule has 2 aliphatic rings. The summed E-state index contributed by atoms with van der Waals surface area (Å²) in [5, 5.41) is 0. The van der Waals surface area contributed by atoms with Crippen LogP contribution in [0.15, 0.2) is 17.6 Å². The summed E-state index contributed by atoms with van der Waals surface area (Å²) in [4.78, 5) is 3.74. The fraction of sp³-hybridized carbons (Fsp3) is 0.625. The van der Waals surface area contributed by atoms with Gasteiger partial charge in [-0.1, -0.05) is 6.08 Å². The maximum atomic E-state index is 4.88. The zero-order valence-electron chi connectivity index (χ0n) is 6.53. The molecule has 0 bridgehead atoms. The summed E-state index contributed by atoms with van der Waals surface area (Å²) in [6.45, 7) is 6.14. The molecule has 0 aromatic heterocycles. The largest absolute Gasteiger partial charge is 0.482 e. The molecule has 2 heterocycles. The highest BCUT2D eigenvalue weighted by atomic mass is 16.6. The number of epoxide rings is 1. The Morgan fingerprint density at radius 1 is 1.73 bits per heavy atom. The molecule has 0 aromatic carbocycles. The molecule has 1 saturated heterocycles. The van der Waals surface area contributed by atoms with Crippen LogP contribution in [0.25, 0.3) is 0 Å². The van der Waals surface area contributed by atoms with Gasteiger partial charge < -0.3 is 9.47 Å². The maximum Gasteiger partial charge on any atom is 0.169 e. The van der Waals surface area contributed by atoms with Gasteiger partial charge in [-0.3, -0.25) is 4.99 Å². The van der Waals surface area contributed by atoms with Crippen molar-refractivity contribution in [3.05, 3.63) is 12.7 Å². The highest BCUT2D eigenvalue weighted by Gasteiger charge is 2.19. The minimum Gasteiger partial charge on any atom is -0.482 e. The van der Waals surface area contributed by atoms with E-state index in [4.69, 9.17) is 4.74 Å². The van der Waals surface area contributed by atoms with Gasteiger partial charge in [0.15, 0.2) is 6.40 Å². The summed E-state index contributed by atoms with van der Waals surface area (Å²) in [7, 11) is 0. The molecule has 2 aliphatic heterocycles. The van der Waals surface area contributed by atoms with Gasteiger partial charge in [0, 0.05) is 0 Å². The lowest BCUT2D eigenvalue weighted by Crippen LogP contribution is -1.80. The number of rotatable bonds is 2. The van der Waals surface area contributed by atoms with Crippen molar-refractivity contribution in [2.24, 2.45) is 4.99 Å². The summed E-state index contributed by atoms with van der Waals surface area (Å²) >= 11 is 0. The fourth-order valence-corrected chi connectivity index (χ4v) is 0.654. The second-order valence-electron chi connectivity index (χ2n) is 2.36. The summed E-state index contributed by atoms with van der Waals surface area (Å²) in [5.74, 6) is 0. The van der Waals surface area contributed by atoms with Crippen molar-refractivity contribution in [2.75, 3.05) is 19.8 Å². The van der Waals surface area contributed by atoms with Gasteiger partial charge in [0.2, 0.25) is 0 Å².